The van der Waals surface area contributed by atoms with Gasteiger partial charge in [0.15, 0.2) is 11.7 Å². The van der Waals surface area contributed by atoms with Gasteiger partial charge >= 0.3 is 0 Å². The quantitative estimate of drug-likeness (QED) is 0.112. The molecule has 0 spiro atoms. The van der Waals surface area contributed by atoms with Gasteiger partial charge < -0.3 is 0 Å². The zero-order valence-corrected chi connectivity index (χ0v) is 29.8. The summed E-state index contributed by atoms with van der Waals surface area (Å²) >= 11 is 0. The van der Waals surface area contributed by atoms with Gasteiger partial charge in [-0.05, 0) is 64.1 Å². The highest BCUT2D eigenvalue weighted by Gasteiger charge is 2.13. The number of hydrogen-bond acceptors (Lipinski definition) is 3. The number of benzene rings is 6. The number of aromatic nitrogens is 2. The van der Waals surface area contributed by atoms with Crippen LogP contribution in [0.4, 0.5) is 0 Å². The minimum atomic E-state index is 0.507. The van der Waals surface area contributed by atoms with Gasteiger partial charge in [-0.15, -0.1) is 0 Å². The molecular weight excluding hydrogens is 657 g/mol. The Balaban J connectivity index is 1.12. The first kappa shape index (κ1) is 34.1. The summed E-state index contributed by atoms with van der Waals surface area (Å²) in [5, 5.41) is 0. The van der Waals surface area contributed by atoms with E-state index in [1.165, 1.54) is 5.56 Å². The van der Waals surface area contributed by atoms with Crippen molar-refractivity contribution in [3.05, 3.63) is 217 Å². The molecule has 4 heteroatoms. The van der Waals surface area contributed by atoms with Crippen LogP contribution in [0.3, 0.4) is 0 Å². The van der Waals surface area contributed by atoms with E-state index >= 15 is 0 Å². The lowest BCUT2D eigenvalue weighted by molar-refractivity contribution is 1.06. The van der Waals surface area contributed by atoms with Crippen molar-refractivity contribution < 1.29 is 0 Å². The highest BCUT2D eigenvalue weighted by molar-refractivity contribution is 6.05. The zero-order chi connectivity index (χ0) is 36.4. The van der Waals surface area contributed by atoms with E-state index in [1.54, 1.807) is 0 Å². The van der Waals surface area contributed by atoms with E-state index in [1.807, 2.05) is 73.0 Å². The summed E-state index contributed by atoms with van der Waals surface area (Å²) in [4.78, 5) is 20.2. The Bertz CT molecular complexity index is 2530. The monoisotopic (exact) mass is 694 g/mol. The lowest BCUT2D eigenvalue weighted by Crippen LogP contribution is -2.01. The molecule has 1 heterocycles. The zero-order valence-electron chi connectivity index (χ0n) is 29.8. The molecule has 0 radical (unpaired) electrons. The van der Waals surface area contributed by atoms with E-state index in [2.05, 4.69) is 133 Å². The van der Waals surface area contributed by atoms with Gasteiger partial charge in [0.2, 0.25) is 0 Å². The fourth-order valence-electron chi connectivity index (χ4n) is 6.47. The fourth-order valence-corrected chi connectivity index (χ4v) is 6.47. The summed E-state index contributed by atoms with van der Waals surface area (Å²) in [6, 6.07) is 58.6. The number of rotatable bonds is 9. The molecule has 0 N–H and O–H groups in total. The average molecular weight is 695 g/mol. The maximum atomic E-state index is 5.17. The van der Waals surface area contributed by atoms with E-state index in [4.69, 9.17) is 20.0 Å². The molecule has 1 aliphatic carbocycles. The SMILES string of the molecule is C1=CC=C(C(=N/Cc2cccc(-c3cccc(-c4nc(-c5ccccc5)cc(-c5cccc(-c6ccccc6)c5)n4)c3)c2)/N=C/c2ccccc2)CC=C1. The lowest BCUT2D eigenvalue weighted by Gasteiger charge is -2.12. The van der Waals surface area contributed by atoms with Crippen LogP contribution in [0.25, 0.3) is 56.2 Å². The molecular formula is C50H38N4. The Hall–Kier alpha value is -7.04. The molecule has 0 saturated heterocycles. The van der Waals surface area contributed by atoms with Crippen molar-refractivity contribution in [3.8, 4) is 56.2 Å². The Morgan fingerprint density at radius 2 is 1.07 bits per heavy atom. The first-order valence-corrected chi connectivity index (χ1v) is 18.2. The molecule has 0 fully saturated rings. The molecule has 0 atom stereocenters. The van der Waals surface area contributed by atoms with Crippen LogP contribution in [-0.4, -0.2) is 22.0 Å². The number of nitrogens with zero attached hydrogens (tertiary/aromatic N) is 4. The Morgan fingerprint density at radius 1 is 0.500 bits per heavy atom. The topological polar surface area (TPSA) is 50.5 Å². The molecule has 0 unspecified atom stereocenters. The molecule has 0 amide bonds. The number of allylic oxidation sites excluding steroid dienone is 5. The summed E-state index contributed by atoms with van der Waals surface area (Å²) < 4.78 is 0. The lowest BCUT2D eigenvalue weighted by atomic mass is 9.99. The van der Waals surface area contributed by atoms with E-state index < -0.39 is 0 Å². The van der Waals surface area contributed by atoms with Crippen LogP contribution >= 0.6 is 0 Å². The van der Waals surface area contributed by atoms with Crippen LogP contribution in [-0.2, 0) is 6.54 Å². The minimum Gasteiger partial charge on any atom is -0.262 e. The largest absolute Gasteiger partial charge is 0.262 e. The third-order valence-electron chi connectivity index (χ3n) is 9.27. The molecule has 0 saturated carbocycles. The van der Waals surface area contributed by atoms with Crippen molar-refractivity contribution in [2.45, 2.75) is 13.0 Å². The molecule has 0 aliphatic heterocycles. The summed E-state index contributed by atoms with van der Waals surface area (Å²) in [7, 11) is 0. The Labute approximate surface area is 317 Å². The van der Waals surface area contributed by atoms with Gasteiger partial charge in [-0.2, -0.15) is 0 Å². The van der Waals surface area contributed by atoms with Crippen LogP contribution in [0.1, 0.15) is 17.5 Å². The highest BCUT2D eigenvalue weighted by atomic mass is 14.9. The Morgan fingerprint density at radius 3 is 1.83 bits per heavy atom. The van der Waals surface area contributed by atoms with Gasteiger partial charge in [0, 0.05) is 28.5 Å². The smallest absolute Gasteiger partial charge is 0.160 e. The summed E-state index contributed by atoms with van der Waals surface area (Å²) in [5.74, 6) is 1.42. The van der Waals surface area contributed by atoms with Gasteiger partial charge in [0.25, 0.3) is 0 Å². The molecule has 7 aromatic rings. The maximum Gasteiger partial charge on any atom is 0.160 e. The number of amidine groups is 1. The van der Waals surface area contributed by atoms with Crippen molar-refractivity contribution in [3.63, 3.8) is 0 Å². The van der Waals surface area contributed by atoms with Gasteiger partial charge in [-0.1, -0.05) is 176 Å². The molecule has 54 heavy (non-hydrogen) atoms. The molecule has 1 aliphatic rings. The predicted octanol–water partition coefficient (Wildman–Crippen LogP) is 12.3. The molecule has 6 aromatic carbocycles. The third-order valence-corrected chi connectivity index (χ3v) is 9.27. The molecule has 258 valence electrons. The van der Waals surface area contributed by atoms with Crippen LogP contribution in [0.2, 0.25) is 0 Å². The van der Waals surface area contributed by atoms with Crippen LogP contribution in [0, 0.1) is 0 Å². The van der Waals surface area contributed by atoms with Gasteiger partial charge in [-0.3, -0.25) is 4.99 Å². The second-order valence-corrected chi connectivity index (χ2v) is 13.1. The van der Waals surface area contributed by atoms with Crippen molar-refractivity contribution in [2.75, 3.05) is 0 Å². The molecule has 0 bridgehead atoms. The van der Waals surface area contributed by atoms with E-state index in [0.717, 1.165) is 73.7 Å². The van der Waals surface area contributed by atoms with E-state index in [9.17, 15) is 0 Å². The van der Waals surface area contributed by atoms with Crippen molar-refractivity contribution >= 4 is 12.1 Å². The van der Waals surface area contributed by atoms with E-state index in [-0.39, 0.29) is 0 Å². The number of aliphatic imine (C=N–C) groups is 2. The minimum absolute atomic E-state index is 0.507. The fraction of sp³-hybridized carbons (Fsp3) is 0.0400. The molecule has 1 aromatic heterocycles. The second kappa shape index (κ2) is 16.5. The predicted molar refractivity (Wildman–Crippen MR) is 225 cm³/mol. The average Bonchev–Trinajstić information content (AvgIpc) is 3.55. The van der Waals surface area contributed by atoms with Crippen LogP contribution in [0.15, 0.2) is 216 Å². The third kappa shape index (κ3) is 8.36. The number of hydrogen-bond donors (Lipinski definition) is 0. The normalized spacial score (nSPS) is 12.8. The first-order chi connectivity index (χ1) is 26.7. The van der Waals surface area contributed by atoms with Crippen LogP contribution < -0.4 is 0 Å². The van der Waals surface area contributed by atoms with Crippen molar-refractivity contribution in [1.82, 2.24) is 9.97 Å². The second-order valence-electron chi connectivity index (χ2n) is 13.1. The van der Waals surface area contributed by atoms with Crippen molar-refractivity contribution in [1.29, 1.82) is 0 Å². The highest BCUT2D eigenvalue weighted by Crippen LogP contribution is 2.32. The standard InChI is InChI=1S/C50H38N4/c1-2-9-25-41(24-8-1)49(51-35-37-17-6-3-7-18-37)52-36-38-19-14-26-42(31-38)44-28-16-30-46(33-44)50-53-47(40-22-12-5-13-23-40)34-48(54-50)45-29-15-27-43(32-45)39-20-10-4-11-21-39/h1-24,26-35H,25,36H2/b51-35+,52-49-. The van der Waals surface area contributed by atoms with Crippen molar-refractivity contribution in [2.24, 2.45) is 9.98 Å². The summed E-state index contributed by atoms with van der Waals surface area (Å²) in [5.41, 5.74) is 12.5. The molecule has 4 nitrogen and oxygen atoms in total. The summed E-state index contributed by atoms with van der Waals surface area (Å²) in [6.07, 6.45) is 13.1. The first-order valence-electron chi connectivity index (χ1n) is 18.2. The Kier molecular flexibility index (Phi) is 10.4. The van der Waals surface area contributed by atoms with Gasteiger partial charge in [-0.25, -0.2) is 15.0 Å². The van der Waals surface area contributed by atoms with E-state index in [0.29, 0.717) is 12.4 Å². The molecule has 8 rings (SSSR count). The van der Waals surface area contributed by atoms with Gasteiger partial charge in [0.1, 0.15) is 0 Å². The summed E-state index contributed by atoms with van der Waals surface area (Å²) in [6.45, 7) is 0.507. The maximum absolute atomic E-state index is 5.17. The van der Waals surface area contributed by atoms with Gasteiger partial charge in [0.05, 0.1) is 17.9 Å². The van der Waals surface area contributed by atoms with Crippen LogP contribution in [0.5, 0.6) is 0 Å².